The van der Waals surface area contributed by atoms with Crippen LogP contribution in [0.25, 0.3) is 22.2 Å². The zero-order valence-corrected chi connectivity index (χ0v) is 17.2. The zero-order chi connectivity index (χ0) is 21.1. The highest BCUT2D eigenvalue weighted by Gasteiger charge is 2.21. The predicted molar refractivity (Wildman–Crippen MR) is 115 cm³/mol. The number of rotatable bonds is 6. The number of benzene rings is 3. The van der Waals surface area contributed by atoms with E-state index < -0.39 is 6.10 Å². The molecule has 1 aromatic heterocycles. The summed E-state index contributed by atoms with van der Waals surface area (Å²) >= 11 is 0. The summed E-state index contributed by atoms with van der Waals surface area (Å²) in [6.45, 7) is 3.97. The number of hydrogen-bond donors (Lipinski definition) is 0. The normalized spacial score (nSPS) is 12.0. The molecule has 30 heavy (non-hydrogen) atoms. The number of fused-ring (bicyclic) bond motifs is 1. The smallest absolute Gasteiger partial charge is 0.263 e. The zero-order valence-electron chi connectivity index (χ0n) is 17.2. The Morgan fingerprint density at radius 2 is 1.80 bits per heavy atom. The maximum atomic E-state index is 12.7. The van der Waals surface area contributed by atoms with Crippen molar-refractivity contribution in [1.82, 2.24) is 15.0 Å². The maximum Gasteiger partial charge on any atom is 0.263 e. The van der Waals surface area contributed by atoms with Gasteiger partial charge >= 0.3 is 0 Å². The van der Waals surface area contributed by atoms with Crippen molar-refractivity contribution in [2.45, 2.75) is 26.5 Å². The SMILES string of the molecule is Cc1ccc(-c2noc(CN(C)C(=O)[C@@H](C)Oc3ccc4ccccc4c3)n2)cc1. The number of aromatic nitrogens is 2. The number of hydrogen-bond acceptors (Lipinski definition) is 5. The number of nitrogens with zero attached hydrogens (tertiary/aromatic N) is 3. The molecule has 6 nitrogen and oxygen atoms in total. The minimum absolute atomic E-state index is 0.168. The van der Waals surface area contributed by atoms with Gasteiger partial charge in [0.2, 0.25) is 11.7 Å². The quantitative estimate of drug-likeness (QED) is 0.471. The third-order valence-electron chi connectivity index (χ3n) is 4.91. The van der Waals surface area contributed by atoms with Crippen LogP contribution in [0.5, 0.6) is 5.75 Å². The van der Waals surface area contributed by atoms with Crippen molar-refractivity contribution in [2.24, 2.45) is 0 Å². The molecule has 0 aliphatic heterocycles. The minimum atomic E-state index is -0.643. The Bertz CT molecular complexity index is 1170. The van der Waals surface area contributed by atoms with Crippen molar-refractivity contribution in [3.63, 3.8) is 0 Å². The molecular formula is C24H23N3O3. The Kier molecular flexibility index (Phi) is 5.48. The van der Waals surface area contributed by atoms with Gasteiger partial charge < -0.3 is 14.2 Å². The van der Waals surface area contributed by atoms with Gasteiger partial charge in [0.05, 0.1) is 6.54 Å². The number of amides is 1. The van der Waals surface area contributed by atoms with Gasteiger partial charge in [0.15, 0.2) is 6.10 Å². The van der Waals surface area contributed by atoms with Crippen molar-refractivity contribution in [2.75, 3.05) is 7.05 Å². The lowest BCUT2D eigenvalue weighted by Gasteiger charge is -2.21. The predicted octanol–water partition coefficient (Wildman–Crippen LogP) is 4.62. The number of likely N-dealkylation sites (N-methyl/N-ethyl adjacent to an activating group) is 1. The Balaban J connectivity index is 1.39. The highest BCUT2D eigenvalue weighted by atomic mass is 16.5. The first-order valence-corrected chi connectivity index (χ1v) is 9.79. The molecular weight excluding hydrogens is 378 g/mol. The van der Waals surface area contributed by atoms with Crippen LogP contribution in [0.2, 0.25) is 0 Å². The van der Waals surface area contributed by atoms with Gasteiger partial charge in [-0.15, -0.1) is 0 Å². The first-order chi connectivity index (χ1) is 14.5. The Labute approximate surface area is 175 Å². The van der Waals surface area contributed by atoms with Gasteiger partial charge in [0, 0.05) is 12.6 Å². The second kappa shape index (κ2) is 8.37. The molecule has 1 amide bonds. The van der Waals surface area contributed by atoms with E-state index in [2.05, 4.69) is 10.1 Å². The van der Waals surface area contributed by atoms with Crippen LogP contribution >= 0.6 is 0 Å². The van der Waals surface area contributed by atoms with E-state index in [0.29, 0.717) is 17.5 Å². The number of ether oxygens (including phenoxy) is 1. The topological polar surface area (TPSA) is 68.5 Å². The van der Waals surface area contributed by atoms with Gasteiger partial charge in [-0.2, -0.15) is 4.98 Å². The third-order valence-corrected chi connectivity index (χ3v) is 4.91. The molecule has 1 heterocycles. The van der Waals surface area contributed by atoms with Crippen molar-refractivity contribution in [1.29, 1.82) is 0 Å². The van der Waals surface area contributed by atoms with Gasteiger partial charge in [0.25, 0.3) is 5.91 Å². The van der Waals surface area contributed by atoms with Gasteiger partial charge in [-0.05, 0) is 36.8 Å². The lowest BCUT2D eigenvalue weighted by atomic mass is 10.1. The fraction of sp³-hybridized carbons (Fsp3) is 0.208. The molecule has 1 atom stereocenters. The first-order valence-electron chi connectivity index (χ1n) is 9.79. The van der Waals surface area contributed by atoms with E-state index in [-0.39, 0.29) is 12.5 Å². The van der Waals surface area contributed by atoms with Gasteiger partial charge in [0.1, 0.15) is 5.75 Å². The molecule has 0 N–H and O–H groups in total. The molecule has 0 aliphatic rings. The van der Waals surface area contributed by atoms with Crippen LogP contribution in [0.3, 0.4) is 0 Å². The summed E-state index contributed by atoms with van der Waals surface area (Å²) in [6, 6.07) is 21.7. The molecule has 152 valence electrons. The second-order valence-corrected chi connectivity index (χ2v) is 7.34. The number of aryl methyl sites for hydroxylation is 1. The summed E-state index contributed by atoms with van der Waals surface area (Å²) in [4.78, 5) is 18.7. The summed E-state index contributed by atoms with van der Waals surface area (Å²) in [5, 5.41) is 6.21. The van der Waals surface area contributed by atoms with Crippen molar-refractivity contribution in [3.05, 3.63) is 78.2 Å². The van der Waals surface area contributed by atoms with Crippen LogP contribution in [0.4, 0.5) is 0 Å². The van der Waals surface area contributed by atoms with E-state index in [9.17, 15) is 4.79 Å². The second-order valence-electron chi connectivity index (χ2n) is 7.34. The van der Waals surface area contributed by atoms with Crippen molar-refractivity contribution >= 4 is 16.7 Å². The summed E-state index contributed by atoms with van der Waals surface area (Å²) in [5.41, 5.74) is 2.03. The van der Waals surface area contributed by atoms with E-state index in [1.54, 1.807) is 14.0 Å². The summed E-state index contributed by atoms with van der Waals surface area (Å²) in [5.74, 6) is 1.37. The van der Waals surface area contributed by atoms with Gasteiger partial charge in [-0.1, -0.05) is 65.3 Å². The van der Waals surface area contributed by atoms with E-state index in [0.717, 1.165) is 21.9 Å². The molecule has 4 rings (SSSR count). The summed E-state index contributed by atoms with van der Waals surface area (Å²) in [7, 11) is 1.69. The van der Waals surface area contributed by atoms with Crippen LogP contribution in [0.1, 0.15) is 18.4 Å². The highest BCUT2D eigenvalue weighted by Crippen LogP contribution is 2.22. The van der Waals surface area contributed by atoms with Gasteiger partial charge in [-0.3, -0.25) is 4.79 Å². The lowest BCUT2D eigenvalue weighted by molar-refractivity contribution is -0.137. The molecule has 6 heteroatoms. The molecule has 0 aliphatic carbocycles. The molecule has 0 bridgehead atoms. The highest BCUT2D eigenvalue weighted by molar-refractivity contribution is 5.84. The van der Waals surface area contributed by atoms with Gasteiger partial charge in [-0.25, -0.2) is 0 Å². The third kappa shape index (κ3) is 4.33. The maximum absolute atomic E-state index is 12.7. The molecule has 3 aromatic carbocycles. The van der Waals surface area contributed by atoms with E-state index >= 15 is 0 Å². The minimum Gasteiger partial charge on any atom is -0.481 e. The van der Waals surface area contributed by atoms with E-state index in [4.69, 9.17) is 9.26 Å². The fourth-order valence-electron chi connectivity index (χ4n) is 3.23. The lowest BCUT2D eigenvalue weighted by Crippen LogP contribution is -2.37. The summed E-state index contributed by atoms with van der Waals surface area (Å²) in [6.07, 6.45) is -0.643. The standard InChI is InChI=1S/C24H23N3O3/c1-16-8-10-19(11-9-16)23-25-22(30-26-23)15-27(3)24(28)17(2)29-21-13-12-18-6-4-5-7-20(18)14-21/h4-14,17H,15H2,1-3H3/t17-/m1/s1. The monoisotopic (exact) mass is 401 g/mol. The average molecular weight is 401 g/mol. The molecule has 0 saturated carbocycles. The Hall–Kier alpha value is -3.67. The van der Waals surface area contributed by atoms with E-state index in [1.807, 2.05) is 73.7 Å². The number of carbonyl (C=O) groups is 1. The molecule has 0 radical (unpaired) electrons. The molecule has 0 fully saturated rings. The average Bonchev–Trinajstić information content (AvgIpc) is 3.22. The Morgan fingerprint density at radius 1 is 1.07 bits per heavy atom. The van der Waals surface area contributed by atoms with E-state index in [1.165, 1.54) is 4.90 Å². The van der Waals surface area contributed by atoms with Crippen molar-refractivity contribution < 1.29 is 14.1 Å². The van der Waals surface area contributed by atoms with Crippen LogP contribution in [0, 0.1) is 6.92 Å². The molecule has 0 spiro atoms. The number of carbonyl (C=O) groups excluding carboxylic acids is 1. The fourth-order valence-corrected chi connectivity index (χ4v) is 3.23. The van der Waals surface area contributed by atoms with Crippen LogP contribution < -0.4 is 4.74 Å². The van der Waals surface area contributed by atoms with Crippen LogP contribution in [-0.2, 0) is 11.3 Å². The summed E-state index contributed by atoms with van der Waals surface area (Å²) < 4.78 is 11.2. The van der Waals surface area contributed by atoms with Crippen molar-refractivity contribution in [3.8, 4) is 17.1 Å². The molecule has 0 unspecified atom stereocenters. The van der Waals surface area contributed by atoms with Crippen LogP contribution in [0.15, 0.2) is 71.3 Å². The molecule has 4 aromatic rings. The molecule has 0 saturated heterocycles. The van der Waals surface area contributed by atoms with Crippen LogP contribution in [-0.4, -0.2) is 34.1 Å². The Morgan fingerprint density at radius 3 is 2.57 bits per heavy atom. The largest absolute Gasteiger partial charge is 0.481 e. The first kappa shape index (κ1) is 19.6.